The lowest BCUT2D eigenvalue weighted by molar-refractivity contribution is -0.116. The van der Waals surface area contributed by atoms with Gasteiger partial charge in [0.25, 0.3) is 5.91 Å². The van der Waals surface area contributed by atoms with E-state index in [9.17, 15) is 9.59 Å². The standard InChI is InChI=1S/C14H13BrN4O2/c1-19(14(21)11-4-2-3-7-16-11)9-13(20)18-12-6-5-10(15)8-17-12/h2-8H,9H2,1H3,(H,17,18,20). The van der Waals surface area contributed by atoms with Crippen LogP contribution in [0.4, 0.5) is 5.82 Å². The van der Waals surface area contributed by atoms with E-state index in [1.165, 1.54) is 11.1 Å². The normalized spacial score (nSPS) is 10.0. The molecule has 0 aliphatic carbocycles. The van der Waals surface area contributed by atoms with Crippen molar-refractivity contribution >= 4 is 33.6 Å². The SMILES string of the molecule is CN(CC(=O)Nc1ccc(Br)cn1)C(=O)c1ccccn1. The van der Waals surface area contributed by atoms with E-state index in [0.29, 0.717) is 11.5 Å². The van der Waals surface area contributed by atoms with E-state index in [1.54, 1.807) is 43.6 Å². The first kappa shape index (κ1) is 15.1. The van der Waals surface area contributed by atoms with Crippen molar-refractivity contribution in [2.24, 2.45) is 0 Å². The summed E-state index contributed by atoms with van der Waals surface area (Å²) in [5.74, 6) is -0.201. The Morgan fingerprint density at radius 3 is 2.67 bits per heavy atom. The molecule has 0 fully saturated rings. The topological polar surface area (TPSA) is 75.2 Å². The number of rotatable bonds is 4. The van der Waals surface area contributed by atoms with Gasteiger partial charge in [0.1, 0.15) is 11.5 Å². The van der Waals surface area contributed by atoms with E-state index < -0.39 is 0 Å². The molecule has 0 saturated carbocycles. The Labute approximate surface area is 130 Å². The van der Waals surface area contributed by atoms with Crippen molar-refractivity contribution in [2.45, 2.75) is 0 Å². The average Bonchev–Trinajstić information content (AvgIpc) is 2.49. The number of likely N-dealkylation sites (N-methyl/N-ethyl adjacent to an activating group) is 1. The molecule has 0 bridgehead atoms. The van der Waals surface area contributed by atoms with Crippen LogP contribution in [0.2, 0.25) is 0 Å². The number of nitrogens with zero attached hydrogens (tertiary/aromatic N) is 3. The summed E-state index contributed by atoms with van der Waals surface area (Å²) < 4.78 is 0.822. The van der Waals surface area contributed by atoms with Crippen LogP contribution < -0.4 is 5.32 Å². The summed E-state index contributed by atoms with van der Waals surface area (Å²) in [5.41, 5.74) is 0.301. The highest BCUT2D eigenvalue weighted by Crippen LogP contribution is 2.10. The lowest BCUT2D eigenvalue weighted by Gasteiger charge is -2.16. The minimum Gasteiger partial charge on any atom is -0.331 e. The zero-order valence-corrected chi connectivity index (χ0v) is 12.9. The summed E-state index contributed by atoms with van der Waals surface area (Å²) in [7, 11) is 1.55. The van der Waals surface area contributed by atoms with Gasteiger partial charge in [0.2, 0.25) is 5.91 Å². The molecule has 108 valence electrons. The fourth-order valence-electron chi connectivity index (χ4n) is 1.60. The number of carbonyl (C=O) groups excluding carboxylic acids is 2. The number of carbonyl (C=O) groups is 2. The molecule has 0 spiro atoms. The van der Waals surface area contributed by atoms with Crippen LogP contribution in [0.5, 0.6) is 0 Å². The monoisotopic (exact) mass is 348 g/mol. The second-order valence-corrected chi connectivity index (χ2v) is 5.20. The van der Waals surface area contributed by atoms with Gasteiger partial charge in [-0.1, -0.05) is 6.07 Å². The fraction of sp³-hybridized carbons (Fsp3) is 0.143. The van der Waals surface area contributed by atoms with E-state index in [0.717, 1.165) is 4.47 Å². The number of anilines is 1. The Hall–Kier alpha value is -2.28. The Kier molecular flexibility index (Phi) is 4.99. The van der Waals surface area contributed by atoms with E-state index in [-0.39, 0.29) is 18.4 Å². The van der Waals surface area contributed by atoms with Gasteiger partial charge in [-0.3, -0.25) is 14.6 Å². The van der Waals surface area contributed by atoms with Crippen LogP contribution in [0.3, 0.4) is 0 Å². The predicted octanol–water partition coefficient (Wildman–Crippen LogP) is 1.95. The number of halogens is 1. The van der Waals surface area contributed by atoms with Crippen molar-refractivity contribution in [3.63, 3.8) is 0 Å². The van der Waals surface area contributed by atoms with Gasteiger partial charge in [0, 0.05) is 23.9 Å². The third-order valence-corrected chi connectivity index (χ3v) is 3.08. The maximum absolute atomic E-state index is 12.0. The zero-order valence-electron chi connectivity index (χ0n) is 11.3. The third-order valence-electron chi connectivity index (χ3n) is 2.61. The van der Waals surface area contributed by atoms with Crippen molar-refractivity contribution in [1.29, 1.82) is 0 Å². The van der Waals surface area contributed by atoms with Crippen LogP contribution in [0, 0.1) is 0 Å². The van der Waals surface area contributed by atoms with Crippen LogP contribution >= 0.6 is 15.9 Å². The van der Waals surface area contributed by atoms with Gasteiger partial charge in [-0.2, -0.15) is 0 Å². The minimum absolute atomic E-state index is 0.0762. The van der Waals surface area contributed by atoms with Gasteiger partial charge in [0.05, 0.1) is 6.54 Å². The van der Waals surface area contributed by atoms with Crippen molar-refractivity contribution in [2.75, 3.05) is 18.9 Å². The molecule has 0 aromatic carbocycles. The van der Waals surface area contributed by atoms with E-state index in [4.69, 9.17) is 0 Å². The number of pyridine rings is 2. The third kappa shape index (κ3) is 4.35. The van der Waals surface area contributed by atoms with Crippen LogP contribution in [0.25, 0.3) is 0 Å². The summed E-state index contributed by atoms with van der Waals surface area (Å²) in [5, 5.41) is 2.62. The van der Waals surface area contributed by atoms with Crippen LogP contribution in [0.15, 0.2) is 47.2 Å². The second kappa shape index (κ2) is 6.94. The first-order valence-electron chi connectivity index (χ1n) is 6.14. The molecule has 2 rings (SSSR count). The minimum atomic E-state index is -0.323. The summed E-state index contributed by atoms with van der Waals surface area (Å²) in [6.45, 7) is -0.0762. The molecule has 6 nitrogen and oxygen atoms in total. The van der Waals surface area contributed by atoms with Gasteiger partial charge in [-0.05, 0) is 40.2 Å². The number of hydrogen-bond acceptors (Lipinski definition) is 4. The lowest BCUT2D eigenvalue weighted by Crippen LogP contribution is -2.35. The van der Waals surface area contributed by atoms with Crippen molar-refractivity contribution in [3.05, 3.63) is 52.9 Å². The van der Waals surface area contributed by atoms with Crippen LogP contribution in [-0.2, 0) is 4.79 Å². The number of aromatic nitrogens is 2. The molecule has 0 unspecified atom stereocenters. The molecule has 0 atom stereocenters. The van der Waals surface area contributed by atoms with E-state index >= 15 is 0 Å². The van der Waals surface area contributed by atoms with Crippen LogP contribution in [0.1, 0.15) is 10.5 Å². The highest BCUT2D eigenvalue weighted by Gasteiger charge is 2.15. The molecule has 0 aliphatic rings. The molecule has 0 saturated heterocycles. The second-order valence-electron chi connectivity index (χ2n) is 4.29. The smallest absolute Gasteiger partial charge is 0.272 e. The zero-order chi connectivity index (χ0) is 15.2. The highest BCUT2D eigenvalue weighted by molar-refractivity contribution is 9.10. The summed E-state index contributed by atoms with van der Waals surface area (Å²) in [6, 6.07) is 8.49. The van der Waals surface area contributed by atoms with Gasteiger partial charge in [-0.25, -0.2) is 4.98 Å². The van der Waals surface area contributed by atoms with E-state index in [1.807, 2.05) is 0 Å². The van der Waals surface area contributed by atoms with Crippen molar-refractivity contribution in [1.82, 2.24) is 14.9 Å². The molecule has 1 N–H and O–H groups in total. The average molecular weight is 349 g/mol. The Morgan fingerprint density at radius 2 is 2.05 bits per heavy atom. The number of nitrogens with one attached hydrogen (secondary N) is 1. The lowest BCUT2D eigenvalue weighted by atomic mass is 10.3. The Bertz CT molecular complexity index is 631. The fourth-order valence-corrected chi connectivity index (χ4v) is 1.84. The maximum atomic E-state index is 12.0. The van der Waals surface area contributed by atoms with Gasteiger partial charge in [-0.15, -0.1) is 0 Å². The first-order valence-corrected chi connectivity index (χ1v) is 6.93. The van der Waals surface area contributed by atoms with Gasteiger partial charge >= 0.3 is 0 Å². The molecule has 7 heteroatoms. The summed E-state index contributed by atoms with van der Waals surface area (Å²) in [4.78, 5) is 33.2. The van der Waals surface area contributed by atoms with Crippen LogP contribution in [-0.4, -0.2) is 40.3 Å². The summed E-state index contributed by atoms with van der Waals surface area (Å²) >= 11 is 3.26. The summed E-state index contributed by atoms with van der Waals surface area (Å²) in [6.07, 6.45) is 3.12. The van der Waals surface area contributed by atoms with Gasteiger partial charge < -0.3 is 10.2 Å². The number of amides is 2. The quantitative estimate of drug-likeness (QED) is 0.916. The number of hydrogen-bond donors (Lipinski definition) is 1. The molecule has 0 aliphatic heterocycles. The molecule has 2 aromatic heterocycles. The van der Waals surface area contributed by atoms with Crippen molar-refractivity contribution < 1.29 is 9.59 Å². The molecular formula is C14H13BrN4O2. The molecule has 21 heavy (non-hydrogen) atoms. The molecular weight excluding hydrogens is 336 g/mol. The largest absolute Gasteiger partial charge is 0.331 e. The predicted molar refractivity (Wildman–Crippen MR) is 81.8 cm³/mol. The first-order chi connectivity index (χ1) is 10.1. The Balaban J connectivity index is 1.93. The highest BCUT2D eigenvalue weighted by atomic mass is 79.9. The molecule has 2 aromatic rings. The molecule has 2 amide bonds. The maximum Gasteiger partial charge on any atom is 0.272 e. The molecule has 2 heterocycles. The van der Waals surface area contributed by atoms with Gasteiger partial charge in [0.15, 0.2) is 0 Å². The van der Waals surface area contributed by atoms with E-state index in [2.05, 4.69) is 31.2 Å². The molecule has 0 radical (unpaired) electrons. The van der Waals surface area contributed by atoms with Crippen molar-refractivity contribution in [3.8, 4) is 0 Å². The Morgan fingerprint density at radius 1 is 1.24 bits per heavy atom.